The second kappa shape index (κ2) is 10.2. The first-order chi connectivity index (χ1) is 13.1. The fourth-order valence-electron chi connectivity index (χ4n) is 3.32. The molecule has 8 nitrogen and oxygen atoms in total. The molecule has 0 amide bonds. The molecule has 1 aliphatic rings. The minimum atomic E-state index is -3.47. The Morgan fingerprint density at radius 3 is 2.54 bits per heavy atom. The quantitative estimate of drug-likeness (QED) is 0.565. The van der Waals surface area contributed by atoms with Crippen LogP contribution in [0.4, 0.5) is 0 Å². The number of ether oxygens (including phenoxy) is 2. The normalized spacial score (nSPS) is 16.8. The van der Waals surface area contributed by atoms with Crippen LogP contribution < -0.4 is 0 Å². The summed E-state index contributed by atoms with van der Waals surface area (Å²) in [5.41, 5.74) is 0.570. The molecule has 0 bridgehead atoms. The van der Waals surface area contributed by atoms with Crippen molar-refractivity contribution < 1.29 is 17.9 Å². The minimum Gasteiger partial charge on any atom is -0.383 e. The molecule has 1 aromatic heterocycles. The Morgan fingerprint density at radius 1 is 1.25 bits per heavy atom. The monoisotopic (exact) mass is 416 g/mol. The Balaban J connectivity index is 2.09. The van der Waals surface area contributed by atoms with Crippen molar-refractivity contribution in [3.8, 4) is 0 Å². The predicted molar refractivity (Wildman–Crippen MR) is 109 cm³/mol. The number of imidazole rings is 1. The lowest BCUT2D eigenvalue weighted by Gasteiger charge is -2.28. The third-order valence-corrected chi connectivity index (χ3v) is 6.78. The number of rotatable bonds is 10. The Bertz CT molecular complexity index is 706. The van der Waals surface area contributed by atoms with E-state index in [1.54, 1.807) is 17.9 Å². The van der Waals surface area contributed by atoms with Crippen LogP contribution in [0.15, 0.2) is 11.4 Å². The number of sulfone groups is 1. The van der Waals surface area contributed by atoms with Crippen molar-refractivity contribution >= 4 is 9.84 Å². The standard InChI is InChI=1S/C19H36N4O4S/c1-19(2,3)16-28(24,25)18-20-14-17(23(18)10-11-26-5)15-21(4)6-7-22-8-12-27-13-9-22/h14H,6-13,15-16H2,1-5H3. The molecule has 2 rings (SSSR count). The van der Waals surface area contributed by atoms with E-state index in [0.29, 0.717) is 19.7 Å². The molecule has 9 heteroatoms. The number of nitrogens with zero attached hydrogens (tertiary/aromatic N) is 4. The summed E-state index contributed by atoms with van der Waals surface area (Å²) < 4.78 is 38.2. The maximum atomic E-state index is 12.9. The van der Waals surface area contributed by atoms with Crippen molar-refractivity contribution in [3.63, 3.8) is 0 Å². The molecule has 0 spiro atoms. The van der Waals surface area contributed by atoms with Gasteiger partial charge in [0.2, 0.25) is 15.0 Å². The zero-order chi connectivity index (χ0) is 20.8. The molecular formula is C19H36N4O4S. The van der Waals surface area contributed by atoms with Gasteiger partial charge in [0.05, 0.1) is 37.5 Å². The SMILES string of the molecule is COCCn1c(CN(C)CCN2CCOCC2)cnc1S(=O)(=O)CC(C)(C)C. The number of aromatic nitrogens is 2. The lowest BCUT2D eigenvalue weighted by atomic mass is 10.0. The minimum absolute atomic E-state index is 0.0658. The molecule has 0 aliphatic carbocycles. The number of morpholine rings is 1. The summed E-state index contributed by atoms with van der Waals surface area (Å²) in [4.78, 5) is 8.89. The van der Waals surface area contributed by atoms with E-state index in [4.69, 9.17) is 9.47 Å². The van der Waals surface area contributed by atoms with E-state index in [9.17, 15) is 8.42 Å². The van der Waals surface area contributed by atoms with E-state index in [-0.39, 0.29) is 16.3 Å². The molecule has 0 radical (unpaired) electrons. The summed E-state index contributed by atoms with van der Waals surface area (Å²) in [7, 11) is 0.205. The van der Waals surface area contributed by atoms with Gasteiger partial charge in [0.15, 0.2) is 0 Å². The van der Waals surface area contributed by atoms with E-state index in [0.717, 1.165) is 45.1 Å². The highest BCUT2D eigenvalue weighted by Gasteiger charge is 2.29. The van der Waals surface area contributed by atoms with Gasteiger partial charge >= 0.3 is 0 Å². The smallest absolute Gasteiger partial charge is 0.227 e. The summed E-state index contributed by atoms with van der Waals surface area (Å²) in [6.45, 7) is 12.7. The van der Waals surface area contributed by atoms with Crippen LogP contribution >= 0.6 is 0 Å². The van der Waals surface area contributed by atoms with Crippen LogP contribution in [0, 0.1) is 5.41 Å². The summed E-state index contributed by atoms with van der Waals surface area (Å²) >= 11 is 0. The highest BCUT2D eigenvalue weighted by molar-refractivity contribution is 7.91. The molecule has 28 heavy (non-hydrogen) atoms. The Morgan fingerprint density at radius 2 is 1.93 bits per heavy atom. The van der Waals surface area contributed by atoms with Gasteiger partial charge in [-0.3, -0.25) is 9.80 Å². The lowest BCUT2D eigenvalue weighted by Crippen LogP contribution is -2.40. The van der Waals surface area contributed by atoms with Crippen LogP contribution in [-0.4, -0.2) is 93.7 Å². The van der Waals surface area contributed by atoms with Crippen molar-refractivity contribution in [1.82, 2.24) is 19.4 Å². The van der Waals surface area contributed by atoms with E-state index in [2.05, 4.69) is 21.8 Å². The van der Waals surface area contributed by atoms with Crippen LogP contribution in [0.25, 0.3) is 0 Å². The third kappa shape index (κ3) is 7.11. The van der Waals surface area contributed by atoms with Crippen molar-refractivity contribution in [2.24, 2.45) is 5.41 Å². The zero-order valence-electron chi connectivity index (χ0n) is 18.0. The van der Waals surface area contributed by atoms with Crippen molar-refractivity contribution in [2.45, 2.75) is 39.0 Å². The van der Waals surface area contributed by atoms with E-state index in [1.165, 1.54) is 0 Å². The summed E-state index contributed by atoms with van der Waals surface area (Å²) in [5, 5.41) is 0.149. The van der Waals surface area contributed by atoms with E-state index < -0.39 is 9.84 Å². The van der Waals surface area contributed by atoms with Crippen LogP contribution in [0.1, 0.15) is 26.5 Å². The highest BCUT2D eigenvalue weighted by atomic mass is 32.2. The summed E-state index contributed by atoms with van der Waals surface area (Å²) in [6, 6.07) is 0. The molecule has 1 aromatic rings. The lowest BCUT2D eigenvalue weighted by molar-refractivity contribution is 0.0341. The zero-order valence-corrected chi connectivity index (χ0v) is 18.8. The second-order valence-corrected chi connectivity index (χ2v) is 10.6. The molecule has 0 aromatic carbocycles. The van der Waals surface area contributed by atoms with Gasteiger partial charge < -0.3 is 14.0 Å². The van der Waals surface area contributed by atoms with E-state index in [1.807, 2.05) is 20.8 Å². The Kier molecular flexibility index (Phi) is 8.44. The van der Waals surface area contributed by atoms with Gasteiger partial charge in [-0.05, 0) is 12.5 Å². The average molecular weight is 417 g/mol. The van der Waals surface area contributed by atoms with Crippen LogP contribution in [0.3, 0.4) is 0 Å². The topological polar surface area (TPSA) is 76.9 Å². The molecule has 0 N–H and O–H groups in total. The molecular weight excluding hydrogens is 380 g/mol. The van der Waals surface area contributed by atoms with Gasteiger partial charge in [-0.15, -0.1) is 0 Å². The molecule has 1 fully saturated rings. The maximum absolute atomic E-state index is 12.9. The molecule has 2 heterocycles. The molecule has 1 saturated heterocycles. The molecule has 162 valence electrons. The van der Waals surface area contributed by atoms with E-state index >= 15 is 0 Å². The van der Waals surface area contributed by atoms with Gasteiger partial charge in [0.1, 0.15) is 0 Å². The summed E-state index contributed by atoms with van der Waals surface area (Å²) in [6.07, 6.45) is 1.69. The van der Waals surface area contributed by atoms with Crippen LogP contribution in [0.2, 0.25) is 0 Å². The van der Waals surface area contributed by atoms with Gasteiger partial charge in [-0.1, -0.05) is 20.8 Å². The first-order valence-corrected chi connectivity index (χ1v) is 11.5. The van der Waals surface area contributed by atoms with Crippen molar-refractivity contribution in [1.29, 1.82) is 0 Å². The van der Waals surface area contributed by atoms with Gasteiger partial charge in [-0.25, -0.2) is 13.4 Å². The number of methoxy groups -OCH3 is 1. The molecule has 0 saturated carbocycles. The molecule has 1 aliphatic heterocycles. The van der Waals surface area contributed by atoms with Gasteiger partial charge in [0, 0.05) is 46.4 Å². The Labute approximate surface area is 169 Å². The van der Waals surface area contributed by atoms with Gasteiger partial charge in [-0.2, -0.15) is 0 Å². The first kappa shape index (κ1) is 23.3. The average Bonchev–Trinajstić information content (AvgIpc) is 3.00. The van der Waals surface area contributed by atoms with Crippen molar-refractivity contribution in [2.75, 3.05) is 65.9 Å². The number of hydrogen-bond donors (Lipinski definition) is 0. The second-order valence-electron chi connectivity index (χ2n) is 8.69. The first-order valence-electron chi connectivity index (χ1n) is 9.87. The fraction of sp³-hybridized carbons (Fsp3) is 0.842. The third-order valence-electron chi connectivity index (χ3n) is 4.66. The predicted octanol–water partition coefficient (Wildman–Crippen LogP) is 1.11. The largest absolute Gasteiger partial charge is 0.383 e. The van der Waals surface area contributed by atoms with Crippen molar-refractivity contribution in [3.05, 3.63) is 11.9 Å². The molecule has 0 unspecified atom stereocenters. The number of likely N-dealkylation sites (N-methyl/N-ethyl adjacent to an activating group) is 1. The highest BCUT2D eigenvalue weighted by Crippen LogP contribution is 2.22. The van der Waals surface area contributed by atoms with Crippen LogP contribution in [0.5, 0.6) is 0 Å². The maximum Gasteiger partial charge on any atom is 0.227 e. The van der Waals surface area contributed by atoms with Crippen LogP contribution in [-0.2, 0) is 32.4 Å². The van der Waals surface area contributed by atoms with Gasteiger partial charge in [0.25, 0.3) is 0 Å². The summed E-state index contributed by atoms with van der Waals surface area (Å²) in [5.74, 6) is 0.0658. The number of hydrogen-bond acceptors (Lipinski definition) is 7. The fourth-order valence-corrected chi connectivity index (χ4v) is 5.34. The Hall–Kier alpha value is -1.000. The molecule has 0 atom stereocenters.